The van der Waals surface area contributed by atoms with Crippen molar-refractivity contribution >= 4 is 5.78 Å². The summed E-state index contributed by atoms with van der Waals surface area (Å²) in [5.41, 5.74) is 1.80. The summed E-state index contributed by atoms with van der Waals surface area (Å²) in [6.45, 7) is 4.73. The number of carbonyl (C=O) groups is 1. The molecule has 0 aromatic rings. The monoisotopic (exact) mass is 300 g/mol. The predicted octanol–water partition coefficient (Wildman–Crippen LogP) is 4.66. The normalized spacial score (nSPS) is 47.0. The zero-order chi connectivity index (χ0) is 15.5. The van der Waals surface area contributed by atoms with Crippen LogP contribution in [-0.2, 0) is 9.53 Å². The number of Topliss-reactive ketones (excluding diaryl/α,β-unsaturated/α-hetero) is 1. The van der Waals surface area contributed by atoms with Gasteiger partial charge in [0.1, 0.15) is 5.78 Å². The number of methoxy groups -OCH3 is 1. The summed E-state index contributed by atoms with van der Waals surface area (Å²) >= 11 is 0. The zero-order valence-corrected chi connectivity index (χ0v) is 14.2. The Kier molecular flexibility index (Phi) is 3.12. The molecule has 0 aromatic heterocycles. The number of ether oxygens (including phenoxy) is 1. The average molecular weight is 300 g/mol. The number of carbonyl (C=O) groups excluding carboxylic acids is 1. The highest BCUT2D eigenvalue weighted by atomic mass is 16.5. The molecular weight excluding hydrogens is 272 g/mol. The fourth-order valence-electron chi connectivity index (χ4n) is 6.23. The molecule has 0 saturated heterocycles. The molecule has 2 nitrogen and oxygen atoms in total. The van der Waals surface area contributed by atoms with E-state index in [1.54, 1.807) is 7.11 Å². The van der Waals surface area contributed by atoms with Crippen LogP contribution in [0.3, 0.4) is 0 Å². The van der Waals surface area contributed by atoms with Gasteiger partial charge in [-0.3, -0.25) is 4.79 Å². The zero-order valence-electron chi connectivity index (χ0n) is 14.2. The van der Waals surface area contributed by atoms with Gasteiger partial charge in [-0.25, -0.2) is 0 Å². The van der Waals surface area contributed by atoms with Crippen molar-refractivity contribution in [3.05, 3.63) is 23.5 Å². The van der Waals surface area contributed by atoms with E-state index < -0.39 is 0 Å². The fraction of sp³-hybridized carbons (Fsp3) is 0.750. The molecular formula is C20H28O2. The molecule has 0 radical (unpaired) electrons. The minimum atomic E-state index is -0.00886. The first-order valence-electron chi connectivity index (χ1n) is 8.97. The average Bonchev–Trinajstić information content (AvgIpc) is 2.82. The first-order chi connectivity index (χ1) is 10.5. The minimum Gasteiger partial charge on any atom is -0.501 e. The number of hydrogen-bond acceptors (Lipinski definition) is 2. The van der Waals surface area contributed by atoms with Gasteiger partial charge < -0.3 is 4.74 Å². The SMILES string of the molecule is COC1=CC2=CC[C@@H]3C4CCC(=O)[C@]4(C)CCC3[C@]2(C)CC1. The molecule has 0 spiro atoms. The van der Waals surface area contributed by atoms with E-state index in [0.29, 0.717) is 17.1 Å². The minimum absolute atomic E-state index is 0.00886. The van der Waals surface area contributed by atoms with Gasteiger partial charge in [-0.1, -0.05) is 19.9 Å². The summed E-state index contributed by atoms with van der Waals surface area (Å²) in [4.78, 5) is 12.4. The van der Waals surface area contributed by atoms with Gasteiger partial charge in [-0.2, -0.15) is 0 Å². The number of ketones is 1. The van der Waals surface area contributed by atoms with E-state index in [2.05, 4.69) is 26.0 Å². The van der Waals surface area contributed by atoms with Crippen LogP contribution >= 0.6 is 0 Å². The molecule has 22 heavy (non-hydrogen) atoms. The van der Waals surface area contributed by atoms with Gasteiger partial charge in [0.05, 0.1) is 12.9 Å². The summed E-state index contributed by atoms with van der Waals surface area (Å²) in [5.74, 6) is 3.78. The molecule has 5 atom stereocenters. The molecule has 0 N–H and O–H groups in total. The topological polar surface area (TPSA) is 26.3 Å². The van der Waals surface area contributed by atoms with E-state index in [1.165, 1.54) is 18.4 Å². The Hall–Kier alpha value is -1.05. The molecule has 2 unspecified atom stereocenters. The van der Waals surface area contributed by atoms with E-state index in [1.807, 2.05) is 0 Å². The van der Waals surface area contributed by atoms with Crippen LogP contribution in [0.2, 0.25) is 0 Å². The lowest BCUT2D eigenvalue weighted by atomic mass is 9.49. The Morgan fingerprint density at radius 1 is 1.09 bits per heavy atom. The van der Waals surface area contributed by atoms with E-state index in [0.717, 1.165) is 49.7 Å². The molecule has 4 aliphatic rings. The van der Waals surface area contributed by atoms with E-state index in [4.69, 9.17) is 4.74 Å². The lowest BCUT2D eigenvalue weighted by Crippen LogP contribution is -2.49. The molecule has 2 heteroatoms. The van der Waals surface area contributed by atoms with Gasteiger partial charge >= 0.3 is 0 Å². The van der Waals surface area contributed by atoms with E-state index in [9.17, 15) is 4.79 Å². The maximum Gasteiger partial charge on any atom is 0.139 e. The molecule has 4 rings (SSSR count). The van der Waals surface area contributed by atoms with Crippen molar-refractivity contribution in [2.24, 2.45) is 28.6 Å². The summed E-state index contributed by atoms with van der Waals surface area (Å²) in [6.07, 6.45) is 12.5. The van der Waals surface area contributed by atoms with Crippen LogP contribution in [0.4, 0.5) is 0 Å². The molecule has 2 fully saturated rings. The van der Waals surface area contributed by atoms with E-state index in [-0.39, 0.29) is 5.41 Å². The lowest BCUT2D eigenvalue weighted by Gasteiger charge is -2.55. The summed E-state index contributed by atoms with van der Waals surface area (Å²) in [5, 5.41) is 0. The Bertz CT molecular complexity index is 572. The third-order valence-electron chi connectivity index (χ3n) is 7.70. The van der Waals surface area contributed by atoms with Gasteiger partial charge in [0, 0.05) is 18.3 Å². The second-order valence-corrected chi connectivity index (χ2v) is 8.42. The largest absolute Gasteiger partial charge is 0.501 e. The quantitative estimate of drug-likeness (QED) is 0.704. The summed E-state index contributed by atoms with van der Waals surface area (Å²) < 4.78 is 5.50. The maximum absolute atomic E-state index is 12.4. The number of hydrogen-bond donors (Lipinski definition) is 0. The Balaban J connectivity index is 1.71. The van der Waals surface area contributed by atoms with Gasteiger partial charge in [-0.15, -0.1) is 0 Å². The second-order valence-electron chi connectivity index (χ2n) is 8.42. The molecule has 120 valence electrons. The van der Waals surface area contributed by atoms with Crippen molar-refractivity contribution in [2.45, 2.75) is 58.8 Å². The van der Waals surface area contributed by atoms with Crippen molar-refractivity contribution < 1.29 is 9.53 Å². The summed E-state index contributed by atoms with van der Waals surface area (Å²) in [7, 11) is 1.79. The van der Waals surface area contributed by atoms with Gasteiger partial charge in [0.25, 0.3) is 0 Å². The van der Waals surface area contributed by atoms with Gasteiger partial charge in [-0.05, 0) is 66.9 Å². The molecule has 2 saturated carbocycles. The standard InChI is InChI=1S/C20H28O2/c1-19-10-8-14(22-3)12-13(19)4-5-15-16-6-7-18(21)20(16,2)11-9-17(15)19/h4,12,15-17H,5-11H2,1-3H3/t15-,16?,17?,19-,20-/m1/s1. The van der Waals surface area contributed by atoms with Crippen LogP contribution < -0.4 is 0 Å². The van der Waals surface area contributed by atoms with Crippen molar-refractivity contribution in [1.29, 1.82) is 0 Å². The Morgan fingerprint density at radius 2 is 1.86 bits per heavy atom. The lowest BCUT2D eigenvalue weighted by molar-refractivity contribution is -0.131. The first kappa shape index (κ1) is 14.5. The summed E-state index contributed by atoms with van der Waals surface area (Å²) in [6, 6.07) is 0. The molecule has 0 bridgehead atoms. The highest BCUT2D eigenvalue weighted by molar-refractivity contribution is 5.87. The maximum atomic E-state index is 12.4. The predicted molar refractivity (Wildman–Crippen MR) is 87.2 cm³/mol. The molecule has 0 amide bonds. The highest BCUT2D eigenvalue weighted by Gasteiger charge is 2.58. The van der Waals surface area contributed by atoms with E-state index >= 15 is 0 Å². The molecule has 0 heterocycles. The number of fused-ring (bicyclic) bond motifs is 5. The number of allylic oxidation sites excluding steroid dienone is 4. The van der Waals surface area contributed by atoms with Crippen molar-refractivity contribution in [3.63, 3.8) is 0 Å². The van der Waals surface area contributed by atoms with Gasteiger partial charge in [0.2, 0.25) is 0 Å². The van der Waals surface area contributed by atoms with Crippen LogP contribution in [0.5, 0.6) is 0 Å². The Morgan fingerprint density at radius 3 is 2.64 bits per heavy atom. The van der Waals surface area contributed by atoms with Crippen molar-refractivity contribution in [2.75, 3.05) is 7.11 Å². The van der Waals surface area contributed by atoms with Crippen molar-refractivity contribution in [1.82, 2.24) is 0 Å². The third kappa shape index (κ3) is 1.76. The van der Waals surface area contributed by atoms with Gasteiger partial charge in [0.15, 0.2) is 0 Å². The second kappa shape index (κ2) is 4.72. The smallest absolute Gasteiger partial charge is 0.139 e. The van der Waals surface area contributed by atoms with Crippen LogP contribution in [0.15, 0.2) is 23.5 Å². The molecule has 0 aliphatic heterocycles. The van der Waals surface area contributed by atoms with Crippen LogP contribution in [0, 0.1) is 28.6 Å². The molecule has 4 aliphatic carbocycles. The fourth-order valence-corrected chi connectivity index (χ4v) is 6.23. The van der Waals surface area contributed by atoms with Crippen LogP contribution in [0.1, 0.15) is 58.8 Å². The van der Waals surface area contributed by atoms with Crippen LogP contribution in [0.25, 0.3) is 0 Å². The van der Waals surface area contributed by atoms with Crippen molar-refractivity contribution in [3.8, 4) is 0 Å². The number of rotatable bonds is 1. The Labute approximate surface area is 134 Å². The molecule has 0 aromatic carbocycles. The third-order valence-corrected chi connectivity index (χ3v) is 7.70. The van der Waals surface area contributed by atoms with Crippen LogP contribution in [-0.4, -0.2) is 12.9 Å². The highest BCUT2D eigenvalue weighted by Crippen LogP contribution is 2.63. The first-order valence-corrected chi connectivity index (χ1v) is 8.97.